The molecule has 0 aromatic rings. The van der Waals surface area contributed by atoms with Crippen LogP contribution in [0.5, 0.6) is 0 Å². The van der Waals surface area contributed by atoms with Gasteiger partial charge in [0, 0.05) is 19.2 Å². The van der Waals surface area contributed by atoms with Gasteiger partial charge in [0.15, 0.2) is 0 Å². The summed E-state index contributed by atoms with van der Waals surface area (Å²) in [7, 11) is 1.68. The minimum absolute atomic E-state index is 0.130. The van der Waals surface area contributed by atoms with Gasteiger partial charge in [0.05, 0.1) is 6.21 Å². The zero-order valence-electron chi connectivity index (χ0n) is 5.07. The minimum atomic E-state index is 0.130. The number of hydrogen-bond donors (Lipinski definition) is 1. The third-order valence-corrected chi connectivity index (χ3v) is 0.686. The summed E-state index contributed by atoms with van der Waals surface area (Å²) in [6, 6.07) is 0. The molecule has 0 radical (unpaired) electrons. The van der Waals surface area contributed by atoms with Crippen LogP contribution in [0.3, 0.4) is 0 Å². The van der Waals surface area contributed by atoms with Crippen molar-refractivity contribution < 1.29 is 5.21 Å². The Morgan fingerprint density at radius 2 is 2.12 bits per heavy atom. The molecular weight excluding hydrogens is 104 g/mol. The molecule has 46 valence electrons. The van der Waals surface area contributed by atoms with Crippen LogP contribution in [0.2, 0.25) is 0 Å². The molecule has 0 aromatic heterocycles. The zero-order valence-corrected chi connectivity index (χ0v) is 5.07. The van der Waals surface area contributed by atoms with Gasteiger partial charge < -0.3 is 10.2 Å². The van der Waals surface area contributed by atoms with Crippen LogP contribution in [0.4, 0.5) is 0 Å². The summed E-state index contributed by atoms with van der Waals surface area (Å²) >= 11 is 0. The van der Waals surface area contributed by atoms with Crippen LogP contribution in [0.25, 0.3) is 0 Å². The summed E-state index contributed by atoms with van der Waals surface area (Å²) in [4.78, 5) is 3.73. The topological polar surface area (TPSA) is 45.0 Å². The Kier molecular flexibility index (Phi) is 3.84. The molecule has 1 atom stereocenters. The second kappa shape index (κ2) is 4.30. The van der Waals surface area contributed by atoms with Crippen LogP contribution < -0.4 is 0 Å². The molecule has 3 heteroatoms. The minimum Gasteiger partial charge on any atom is -0.411 e. The summed E-state index contributed by atoms with van der Waals surface area (Å²) in [6.45, 7) is 1.88. The molecule has 1 unspecified atom stereocenters. The van der Waals surface area contributed by atoms with E-state index in [9.17, 15) is 0 Å². The number of rotatable bonds is 2. The van der Waals surface area contributed by atoms with E-state index in [1.54, 1.807) is 13.3 Å². The largest absolute Gasteiger partial charge is 0.411 e. The van der Waals surface area contributed by atoms with Crippen molar-refractivity contribution in [3.63, 3.8) is 0 Å². The van der Waals surface area contributed by atoms with Crippen LogP contribution in [-0.4, -0.2) is 24.7 Å². The highest BCUT2D eigenvalue weighted by Crippen LogP contribution is 1.81. The highest BCUT2D eigenvalue weighted by atomic mass is 16.4. The second-order valence-corrected chi connectivity index (χ2v) is 1.53. The average Bonchev–Trinajstić information content (AvgIpc) is 1.68. The fourth-order valence-electron chi connectivity index (χ4n) is 0.379. The van der Waals surface area contributed by atoms with Gasteiger partial charge in [-0.2, -0.15) is 0 Å². The summed E-state index contributed by atoms with van der Waals surface area (Å²) in [5.74, 6) is 0.130. The van der Waals surface area contributed by atoms with Crippen molar-refractivity contribution in [1.82, 2.24) is 0 Å². The van der Waals surface area contributed by atoms with Gasteiger partial charge in [-0.15, -0.1) is 5.16 Å². The molecule has 0 spiro atoms. The van der Waals surface area contributed by atoms with Crippen LogP contribution in [0, 0.1) is 5.92 Å². The fourth-order valence-corrected chi connectivity index (χ4v) is 0.379. The van der Waals surface area contributed by atoms with Crippen molar-refractivity contribution in [1.29, 1.82) is 0 Å². The molecule has 0 saturated carbocycles. The van der Waals surface area contributed by atoms with Gasteiger partial charge in [0.1, 0.15) is 0 Å². The highest BCUT2D eigenvalue weighted by Gasteiger charge is 1.87. The maximum absolute atomic E-state index is 7.97. The number of oxime groups is 1. The summed E-state index contributed by atoms with van der Waals surface area (Å²) in [5.41, 5.74) is 0. The summed E-state index contributed by atoms with van der Waals surface area (Å²) in [6.07, 6.45) is 3.10. The van der Waals surface area contributed by atoms with E-state index < -0.39 is 0 Å². The summed E-state index contributed by atoms with van der Waals surface area (Å²) in [5, 5.41) is 10.8. The Hall–Kier alpha value is -0.860. The predicted octanol–water partition coefficient (Wildman–Crippen LogP) is 0.783. The van der Waals surface area contributed by atoms with Gasteiger partial charge in [-0.05, 0) is 0 Å². The van der Waals surface area contributed by atoms with Crippen molar-refractivity contribution in [2.75, 3.05) is 7.05 Å². The standard InChI is InChI=1S/C5H10N2O/c1-5(3-6-2)4-7-8/h3-5,8H,1-2H3/b6-3?,7-4-. The molecule has 1 N–H and O–H groups in total. The quantitative estimate of drug-likeness (QED) is 0.322. The molecule has 0 bridgehead atoms. The lowest BCUT2D eigenvalue weighted by Crippen LogP contribution is -1.95. The van der Waals surface area contributed by atoms with Crippen molar-refractivity contribution in [3.8, 4) is 0 Å². The average molecular weight is 114 g/mol. The second-order valence-electron chi connectivity index (χ2n) is 1.53. The van der Waals surface area contributed by atoms with Gasteiger partial charge >= 0.3 is 0 Å². The first-order valence-electron chi connectivity index (χ1n) is 2.41. The number of aliphatic imine (C=N–C) groups is 1. The molecule has 8 heavy (non-hydrogen) atoms. The molecule has 0 aliphatic rings. The third kappa shape index (κ3) is 3.33. The van der Waals surface area contributed by atoms with Crippen molar-refractivity contribution >= 4 is 12.4 Å². The highest BCUT2D eigenvalue weighted by molar-refractivity contribution is 5.82. The van der Waals surface area contributed by atoms with E-state index in [1.807, 2.05) is 6.92 Å². The molecule has 0 heterocycles. The SMILES string of the molecule is CN=CC(C)/C=N\O. The zero-order chi connectivity index (χ0) is 6.41. The lowest BCUT2D eigenvalue weighted by Gasteiger charge is -1.89. The van der Waals surface area contributed by atoms with Gasteiger partial charge in [-0.3, -0.25) is 0 Å². The Bertz CT molecular complexity index is 86.6. The van der Waals surface area contributed by atoms with Crippen molar-refractivity contribution in [2.45, 2.75) is 6.92 Å². The predicted molar refractivity (Wildman–Crippen MR) is 33.9 cm³/mol. The number of hydrogen-bond acceptors (Lipinski definition) is 3. The normalized spacial score (nSPS) is 15.8. The third-order valence-electron chi connectivity index (χ3n) is 0.686. The molecule has 0 aliphatic carbocycles. The molecule has 0 saturated heterocycles. The molecule has 0 rings (SSSR count). The first-order valence-corrected chi connectivity index (χ1v) is 2.41. The maximum Gasteiger partial charge on any atom is 0.0517 e. The van der Waals surface area contributed by atoms with Crippen LogP contribution >= 0.6 is 0 Å². The monoisotopic (exact) mass is 114 g/mol. The van der Waals surface area contributed by atoms with Crippen LogP contribution in [0.15, 0.2) is 10.1 Å². The van der Waals surface area contributed by atoms with E-state index in [0.29, 0.717) is 0 Å². The Balaban J connectivity index is 3.47. The first kappa shape index (κ1) is 7.14. The Labute approximate surface area is 48.7 Å². The first-order chi connectivity index (χ1) is 3.81. The van der Waals surface area contributed by atoms with E-state index in [1.165, 1.54) is 6.21 Å². The maximum atomic E-state index is 7.97. The molecule has 0 aliphatic heterocycles. The van der Waals surface area contributed by atoms with Crippen molar-refractivity contribution in [3.05, 3.63) is 0 Å². The smallest absolute Gasteiger partial charge is 0.0517 e. The number of nitrogens with zero attached hydrogens (tertiary/aromatic N) is 2. The van der Waals surface area contributed by atoms with Gasteiger partial charge in [0.2, 0.25) is 0 Å². The van der Waals surface area contributed by atoms with E-state index in [4.69, 9.17) is 5.21 Å². The Morgan fingerprint density at radius 3 is 2.50 bits per heavy atom. The van der Waals surface area contributed by atoms with Gasteiger partial charge in [-0.25, -0.2) is 0 Å². The van der Waals surface area contributed by atoms with E-state index in [-0.39, 0.29) is 5.92 Å². The molecule has 0 fully saturated rings. The molecule has 3 nitrogen and oxygen atoms in total. The fraction of sp³-hybridized carbons (Fsp3) is 0.600. The van der Waals surface area contributed by atoms with Crippen LogP contribution in [0.1, 0.15) is 6.92 Å². The lowest BCUT2D eigenvalue weighted by molar-refractivity contribution is 0.320. The van der Waals surface area contributed by atoms with E-state index >= 15 is 0 Å². The van der Waals surface area contributed by atoms with Gasteiger partial charge in [-0.1, -0.05) is 6.92 Å². The van der Waals surface area contributed by atoms with Gasteiger partial charge in [0.25, 0.3) is 0 Å². The molecular formula is C5H10N2O. The summed E-state index contributed by atoms with van der Waals surface area (Å²) < 4.78 is 0. The van der Waals surface area contributed by atoms with Crippen LogP contribution in [-0.2, 0) is 0 Å². The van der Waals surface area contributed by atoms with E-state index in [2.05, 4.69) is 10.1 Å². The Morgan fingerprint density at radius 1 is 1.50 bits per heavy atom. The molecule has 0 aromatic carbocycles. The van der Waals surface area contributed by atoms with E-state index in [0.717, 1.165) is 0 Å². The lowest BCUT2D eigenvalue weighted by atomic mass is 10.2. The van der Waals surface area contributed by atoms with Crippen molar-refractivity contribution in [2.24, 2.45) is 16.1 Å². The molecule has 0 amide bonds.